The zero-order valence-electron chi connectivity index (χ0n) is 11.2. The summed E-state index contributed by atoms with van der Waals surface area (Å²) in [5.41, 5.74) is 2.68. The second-order valence-corrected chi connectivity index (χ2v) is 5.97. The van der Waals surface area contributed by atoms with E-state index in [1.807, 2.05) is 12.1 Å². The Hall–Kier alpha value is -1.57. The highest BCUT2D eigenvalue weighted by Crippen LogP contribution is 2.51. The Kier molecular flexibility index (Phi) is 2.96. The molecule has 0 aromatic heterocycles. The second kappa shape index (κ2) is 4.52. The number of benzene rings is 1. The maximum atomic E-state index is 11.8. The summed E-state index contributed by atoms with van der Waals surface area (Å²) in [5, 5.41) is 9.67. The van der Waals surface area contributed by atoms with Gasteiger partial charge in [-0.25, -0.2) is 0 Å². The molecule has 0 radical (unpaired) electrons. The van der Waals surface area contributed by atoms with E-state index in [-0.39, 0.29) is 5.41 Å². The van der Waals surface area contributed by atoms with Gasteiger partial charge in [0.25, 0.3) is 0 Å². The smallest absolute Gasteiger partial charge is 0.133 e. The highest BCUT2D eigenvalue weighted by atomic mass is 16.3. The van der Waals surface area contributed by atoms with Crippen molar-refractivity contribution in [3.63, 3.8) is 0 Å². The summed E-state index contributed by atoms with van der Waals surface area (Å²) in [4.78, 5) is 11.8. The number of rotatable bonds is 2. The monoisotopic (exact) mass is 256 g/mol. The van der Waals surface area contributed by atoms with Crippen molar-refractivity contribution in [2.75, 3.05) is 0 Å². The fraction of sp³-hybridized carbons (Fsp3) is 0.471. The number of hydrogen-bond donors (Lipinski definition) is 1. The van der Waals surface area contributed by atoms with Crippen molar-refractivity contribution in [3.05, 3.63) is 42.0 Å². The molecule has 0 amide bonds. The fourth-order valence-corrected chi connectivity index (χ4v) is 4.11. The van der Waals surface area contributed by atoms with Gasteiger partial charge in [0.2, 0.25) is 0 Å². The number of carbonyl (C=O) groups excluding carboxylic acids is 1. The molecule has 0 aliphatic heterocycles. The maximum absolute atomic E-state index is 11.8. The Morgan fingerprint density at radius 3 is 3.05 bits per heavy atom. The summed E-state index contributed by atoms with van der Waals surface area (Å²) in [6.45, 7) is 3.92. The molecular weight excluding hydrogens is 236 g/mol. The Labute approximate surface area is 114 Å². The zero-order chi connectivity index (χ0) is 13.5. The summed E-state index contributed by atoms with van der Waals surface area (Å²) in [6.07, 6.45) is 7.28. The Morgan fingerprint density at radius 2 is 2.26 bits per heavy atom. The number of fused-ring (bicyclic) bond motifs is 3. The van der Waals surface area contributed by atoms with E-state index >= 15 is 0 Å². The molecule has 1 aromatic rings. The van der Waals surface area contributed by atoms with Crippen molar-refractivity contribution in [2.45, 2.75) is 43.9 Å². The lowest BCUT2D eigenvalue weighted by atomic mass is 9.55. The van der Waals surface area contributed by atoms with Crippen molar-refractivity contribution in [1.29, 1.82) is 0 Å². The number of aromatic hydroxyl groups is 1. The van der Waals surface area contributed by atoms with Crippen LogP contribution in [0.1, 0.15) is 43.2 Å². The van der Waals surface area contributed by atoms with Gasteiger partial charge in [-0.05, 0) is 54.9 Å². The molecule has 1 aromatic carbocycles. The van der Waals surface area contributed by atoms with Crippen LogP contribution in [0.2, 0.25) is 0 Å². The average molecular weight is 256 g/mol. The number of aryl methyl sites for hydroxylation is 1. The summed E-state index contributed by atoms with van der Waals surface area (Å²) < 4.78 is 0. The highest BCUT2D eigenvalue weighted by molar-refractivity contribution is 5.80. The molecule has 0 bridgehead atoms. The standard InChI is InChI=1S/C17H20O2/c1-2-8-17-9-7-15(19)11-13(17)4-3-12-10-14(18)5-6-16(12)17/h2,5-6,10,13,18H,1,3-4,7-9,11H2/t13-,17-/m1/s1. The first-order valence-corrected chi connectivity index (χ1v) is 7.11. The summed E-state index contributed by atoms with van der Waals surface area (Å²) in [5.74, 6) is 1.20. The van der Waals surface area contributed by atoms with Gasteiger partial charge in [-0.2, -0.15) is 0 Å². The largest absolute Gasteiger partial charge is 0.508 e. The number of hydrogen-bond acceptors (Lipinski definition) is 2. The van der Waals surface area contributed by atoms with Gasteiger partial charge in [0.05, 0.1) is 0 Å². The van der Waals surface area contributed by atoms with Crippen LogP contribution in [0.5, 0.6) is 5.75 Å². The van der Waals surface area contributed by atoms with Crippen LogP contribution < -0.4 is 0 Å². The molecule has 0 heterocycles. The Bertz CT molecular complexity index is 532. The van der Waals surface area contributed by atoms with Crippen LogP contribution in [-0.4, -0.2) is 10.9 Å². The number of phenols is 1. The Balaban J connectivity index is 2.11. The van der Waals surface area contributed by atoms with Gasteiger partial charge in [-0.1, -0.05) is 12.1 Å². The molecule has 0 spiro atoms. The molecule has 1 saturated carbocycles. The first kappa shape index (κ1) is 12.5. The second-order valence-electron chi connectivity index (χ2n) is 5.97. The van der Waals surface area contributed by atoms with Gasteiger partial charge in [-0.3, -0.25) is 4.79 Å². The van der Waals surface area contributed by atoms with E-state index < -0.39 is 0 Å². The first-order valence-electron chi connectivity index (χ1n) is 7.11. The lowest BCUT2D eigenvalue weighted by Gasteiger charge is -2.48. The minimum atomic E-state index is 0.0803. The van der Waals surface area contributed by atoms with E-state index in [2.05, 4.69) is 12.6 Å². The van der Waals surface area contributed by atoms with Crippen molar-refractivity contribution in [2.24, 2.45) is 5.92 Å². The SMILES string of the molecule is C=CC[C@@]12CCC(=O)C[C@H]1CCc1cc(O)ccc12. The van der Waals surface area contributed by atoms with E-state index in [1.54, 1.807) is 6.07 Å². The minimum absolute atomic E-state index is 0.0803. The molecule has 0 unspecified atom stereocenters. The van der Waals surface area contributed by atoms with Crippen LogP contribution in [0.15, 0.2) is 30.9 Å². The first-order chi connectivity index (χ1) is 9.15. The summed E-state index contributed by atoms with van der Waals surface area (Å²) in [7, 11) is 0. The lowest BCUT2D eigenvalue weighted by Crippen LogP contribution is -2.43. The molecular formula is C17H20O2. The van der Waals surface area contributed by atoms with Crippen LogP contribution in [0.4, 0.5) is 0 Å². The summed E-state index contributed by atoms with van der Waals surface area (Å²) in [6, 6.07) is 5.74. The normalized spacial score (nSPS) is 29.5. The number of Topliss-reactive ketones (excluding diaryl/α,β-unsaturated/α-hetero) is 1. The van der Waals surface area contributed by atoms with Crippen molar-refractivity contribution >= 4 is 5.78 Å². The molecule has 0 saturated heterocycles. The maximum Gasteiger partial charge on any atom is 0.133 e. The van der Waals surface area contributed by atoms with Gasteiger partial charge in [0.15, 0.2) is 0 Å². The van der Waals surface area contributed by atoms with Gasteiger partial charge in [0, 0.05) is 18.3 Å². The van der Waals surface area contributed by atoms with Gasteiger partial charge in [-0.15, -0.1) is 6.58 Å². The van der Waals surface area contributed by atoms with E-state index in [4.69, 9.17) is 0 Å². The number of allylic oxidation sites excluding steroid dienone is 1. The fourth-order valence-electron chi connectivity index (χ4n) is 4.11. The van der Waals surface area contributed by atoms with E-state index in [9.17, 15) is 9.90 Å². The van der Waals surface area contributed by atoms with Crippen molar-refractivity contribution in [1.82, 2.24) is 0 Å². The van der Waals surface area contributed by atoms with Gasteiger partial charge >= 0.3 is 0 Å². The quantitative estimate of drug-likeness (QED) is 0.822. The molecule has 3 rings (SSSR count). The number of phenolic OH excluding ortho intramolecular Hbond substituents is 1. The van der Waals surface area contributed by atoms with Gasteiger partial charge in [0.1, 0.15) is 11.5 Å². The topological polar surface area (TPSA) is 37.3 Å². The minimum Gasteiger partial charge on any atom is -0.508 e. The third-order valence-corrected chi connectivity index (χ3v) is 5.00. The van der Waals surface area contributed by atoms with Crippen LogP contribution in [-0.2, 0) is 16.6 Å². The zero-order valence-corrected chi connectivity index (χ0v) is 11.2. The number of carbonyl (C=O) groups is 1. The van der Waals surface area contributed by atoms with Crippen LogP contribution in [0.25, 0.3) is 0 Å². The summed E-state index contributed by atoms with van der Waals surface area (Å²) >= 11 is 0. The molecule has 2 aliphatic rings. The van der Waals surface area contributed by atoms with E-state index in [0.717, 1.165) is 25.7 Å². The Morgan fingerprint density at radius 1 is 1.42 bits per heavy atom. The third kappa shape index (κ3) is 1.90. The predicted octanol–water partition coefficient (Wildman–Crippen LogP) is 3.52. The number of ketones is 1. The van der Waals surface area contributed by atoms with E-state index in [0.29, 0.717) is 30.3 Å². The molecule has 2 aliphatic carbocycles. The van der Waals surface area contributed by atoms with Crippen molar-refractivity contribution in [3.8, 4) is 5.75 Å². The molecule has 1 N–H and O–H groups in total. The molecule has 2 atom stereocenters. The molecule has 100 valence electrons. The van der Waals surface area contributed by atoms with E-state index in [1.165, 1.54) is 11.1 Å². The third-order valence-electron chi connectivity index (χ3n) is 5.00. The highest BCUT2D eigenvalue weighted by Gasteiger charge is 2.46. The van der Waals surface area contributed by atoms with Crippen LogP contribution in [0, 0.1) is 5.92 Å². The predicted molar refractivity (Wildman–Crippen MR) is 75.3 cm³/mol. The van der Waals surface area contributed by atoms with Gasteiger partial charge < -0.3 is 5.11 Å². The van der Waals surface area contributed by atoms with Crippen molar-refractivity contribution < 1.29 is 9.90 Å². The molecule has 2 nitrogen and oxygen atoms in total. The van der Waals surface area contributed by atoms with Crippen LogP contribution in [0.3, 0.4) is 0 Å². The molecule has 1 fully saturated rings. The lowest BCUT2D eigenvalue weighted by molar-refractivity contribution is -0.123. The molecule has 19 heavy (non-hydrogen) atoms. The molecule has 2 heteroatoms. The van der Waals surface area contributed by atoms with Crippen LogP contribution >= 0.6 is 0 Å². The average Bonchev–Trinajstić information content (AvgIpc) is 2.39.